The van der Waals surface area contributed by atoms with Gasteiger partial charge in [-0.05, 0) is 59.8 Å². The van der Waals surface area contributed by atoms with Gasteiger partial charge in [-0.2, -0.15) is 0 Å². The molecule has 0 aromatic rings. The topological polar surface area (TPSA) is 41.6 Å². The minimum Gasteiger partial charge on any atom is -0.450 e. The van der Waals surface area contributed by atoms with E-state index in [4.69, 9.17) is 4.74 Å². The molecule has 1 aliphatic heterocycles. The third kappa shape index (κ3) is 5.39. The lowest BCUT2D eigenvalue weighted by atomic mass is 9.74. The number of nitrogens with one attached hydrogen (secondary N) is 1. The maximum atomic E-state index is 11.6. The third-order valence-electron chi connectivity index (χ3n) is 3.73. The average molecular weight is 270 g/mol. The Labute approximate surface area is 117 Å². The number of hydrogen-bond donors (Lipinski definition) is 1. The summed E-state index contributed by atoms with van der Waals surface area (Å²) in [6.45, 7) is 12.1. The van der Waals surface area contributed by atoms with Gasteiger partial charge in [-0.1, -0.05) is 0 Å². The van der Waals surface area contributed by atoms with Crippen molar-refractivity contribution in [3.63, 3.8) is 0 Å². The highest BCUT2D eigenvalue weighted by molar-refractivity contribution is 5.67. The van der Waals surface area contributed by atoms with Gasteiger partial charge in [-0.25, -0.2) is 4.79 Å². The zero-order valence-electron chi connectivity index (χ0n) is 13.4. The van der Waals surface area contributed by atoms with Crippen LogP contribution in [-0.4, -0.2) is 42.3 Å². The van der Waals surface area contributed by atoms with E-state index in [0.29, 0.717) is 12.5 Å². The molecule has 112 valence electrons. The Morgan fingerprint density at radius 1 is 1.26 bits per heavy atom. The molecule has 0 aromatic heterocycles. The fourth-order valence-electron chi connectivity index (χ4n) is 3.44. The minimum absolute atomic E-state index is 0.176. The highest BCUT2D eigenvalue weighted by Gasteiger charge is 2.37. The molecule has 4 nitrogen and oxygen atoms in total. The van der Waals surface area contributed by atoms with Crippen molar-refractivity contribution in [2.24, 2.45) is 5.92 Å². The summed E-state index contributed by atoms with van der Waals surface area (Å²) < 4.78 is 5.00. The van der Waals surface area contributed by atoms with Crippen LogP contribution in [0.5, 0.6) is 0 Å². The van der Waals surface area contributed by atoms with E-state index >= 15 is 0 Å². The van der Waals surface area contributed by atoms with E-state index in [0.717, 1.165) is 25.8 Å². The molecule has 0 bridgehead atoms. The lowest BCUT2D eigenvalue weighted by Crippen LogP contribution is -2.58. The molecule has 1 aliphatic rings. The smallest absolute Gasteiger partial charge is 0.409 e. The molecule has 0 unspecified atom stereocenters. The molecule has 1 N–H and O–H groups in total. The van der Waals surface area contributed by atoms with E-state index in [9.17, 15) is 4.79 Å². The molecule has 4 heteroatoms. The van der Waals surface area contributed by atoms with Gasteiger partial charge in [0.2, 0.25) is 0 Å². The number of nitrogens with zero attached hydrogens (tertiary/aromatic N) is 1. The second kappa shape index (κ2) is 6.12. The molecule has 0 aliphatic carbocycles. The predicted molar refractivity (Wildman–Crippen MR) is 78.3 cm³/mol. The second-order valence-corrected chi connectivity index (χ2v) is 7.08. The van der Waals surface area contributed by atoms with Gasteiger partial charge in [0.15, 0.2) is 0 Å². The summed E-state index contributed by atoms with van der Waals surface area (Å²) >= 11 is 0. The first kappa shape index (κ1) is 16.3. The monoisotopic (exact) mass is 270 g/mol. The van der Waals surface area contributed by atoms with E-state index in [1.807, 2.05) is 14.0 Å². The standard InChI is InChI=1S/C15H30N2O2/c1-7-19-13(18)17(6)9-8-12-10-14(2,3)16-15(4,5)11-12/h12,16H,7-11H2,1-6H3. The summed E-state index contributed by atoms with van der Waals surface area (Å²) in [5.74, 6) is 0.656. The summed E-state index contributed by atoms with van der Waals surface area (Å²) in [6.07, 6.45) is 3.15. The van der Waals surface area contributed by atoms with Crippen LogP contribution >= 0.6 is 0 Å². The highest BCUT2D eigenvalue weighted by atomic mass is 16.5. The average Bonchev–Trinajstić information content (AvgIpc) is 2.21. The number of rotatable bonds is 4. The van der Waals surface area contributed by atoms with Gasteiger partial charge >= 0.3 is 6.09 Å². The first-order chi connectivity index (χ1) is 8.65. The maximum Gasteiger partial charge on any atom is 0.409 e. The first-order valence-corrected chi connectivity index (χ1v) is 7.32. The quantitative estimate of drug-likeness (QED) is 0.854. The Hall–Kier alpha value is -0.770. The van der Waals surface area contributed by atoms with E-state index in [1.54, 1.807) is 4.90 Å². The molecule has 1 heterocycles. The molecule has 0 radical (unpaired) electrons. The normalized spacial score (nSPS) is 22.0. The molecule has 0 atom stereocenters. The maximum absolute atomic E-state index is 11.6. The Bertz CT molecular complexity index is 297. The van der Waals surface area contributed by atoms with Crippen LogP contribution in [0.25, 0.3) is 0 Å². The van der Waals surface area contributed by atoms with E-state index in [-0.39, 0.29) is 17.2 Å². The molecule has 19 heavy (non-hydrogen) atoms. The van der Waals surface area contributed by atoms with Crippen molar-refractivity contribution < 1.29 is 9.53 Å². The fourth-order valence-corrected chi connectivity index (χ4v) is 3.44. The molecule has 1 rings (SSSR count). The largest absolute Gasteiger partial charge is 0.450 e. The summed E-state index contributed by atoms with van der Waals surface area (Å²) in [5, 5.41) is 3.69. The van der Waals surface area contributed by atoms with Crippen LogP contribution in [-0.2, 0) is 4.74 Å². The van der Waals surface area contributed by atoms with Crippen LogP contribution in [0.3, 0.4) is 0 Å². The van der Waals surface area contributed by atoms with Gasteiger partial charge in [0.05, 0.1) is 6.61 Å². The summed E-state index contributed by atoms with van der Waals surface area (Å²) in [4.78, 5) is 13.2. The van der Waals surface area contributed by atoms with Crippen molar-refractivity contribution in [1.82, 2.24) is 10.2 Å². The molecule has 0 spiro atoms. The highest BCUT2D eigenvalue weighted by Crippen LogP contribution is 2.34. The Balaban J connectivity index is 2.46. The molecule has 0 saturated carbocycles. The van der Waals surface area contributed by atoms with Gasteiger partial charge in [-0.3, -0.25) is 0 Å². The molecular formula is C15H30N2O2. The summed E-state index contributed by atoms with van der Waals surface area (Å²) in [7, 11) is 1.81. The molecule has 1 saturated heterocycles. The Kier molecular flexibility index (Phi) is 5.25. The number of piperidine rings is 1. The van der Waals surface area contributed by atoms with Gasteiger partial charge in [-0.15, -0.1) is 0 Å². The van der Waals surface area contributed by atoms with Gasteiger partial charge in [0, 0.05) is 24.7 Å². The van der Waals surface area contributed by atoms with Crippen molar-refractivity contribution in [2.75, 3.05) is 20.2 Å². The first-order valence-electron chi connectivity index (χ1n) is 7.32. The third-order valence-corrected chi connectivity index (χ3v) is 3.73. The number of ether oxygens (including phenoxy) is 1. The van der Waals surface area contributed by atoms with E-state index in [2.05, 4.69) is 33.0 Å². The van der Waals surface area contributed by atoms with Crippen molar-refractivity contribution in [2.45, 2.75) is 65.0 Å². The van der Waals surface area contributed by atoms with E-state index in [1.165, 1.54) is 0 Å². The number of carbonyl (C=O) groups excluding carboxylic acids is 1. The van der Waals surface area contributed by atoms with Gasteiger partial charge in [0.1, 0.15) is 0 Å². The SMILES string of the molecule is CCOC(=O)N(C)CCC1CC(C)(C)NC(C)(C)C1. The van der Waals surface area contributed by atoms with Crippen LogP contribution in [0.2, 0.25) is 0 Å². The lowest BCUT2D eigenvalue weighted by molar-refractivity contribution is 0.0993. The van der Waals surface area contributed by atoms with Crippen LogP contribution in [0, 0.1) is 5.92 Å². The van der Waals surface area contributed by atoms with E-state index < -0.39 is 0 Å². The van der Waals surface area contributed by atoms with Crippen molar-refractivity contribution >= 4 is 6.09 Å². The second-order valence-electron chi connectivity index (χ2n) is 7.08. The Morgan fingerprint density at radius 3 is 2.26 bits per heavy atom. The number of amides is 1. The van der Waals surface area contributed by atoms with Crippen LogP contribution in [0.1, 0.15) is 53.9 Å². The van der Waals surface area contributed by atoms with Gasteiger partial charge in [0.25, 0.3) is 0 Å². The van der Waals surface area contributed by atoms with Crippen LogP contribution in [0.15, 0.2) is 0 Å². The van der Waals surface area contributed by atoms with Crippen molar-refractivity contribution in [3.8, 4) is 0 Å². The summed E-state index contributed by atoms with van der Waals surface area (Å²) in [5.41, 5.74) is 0.351. The number of hydrogen-bond acceptors (Lipinski definition) is 3. The fraction of sp³-hybridized carbons (Fsp3) is 0.933. The molecule has 1 amide bonds. The van der Waals surface area contributed by atoms with Gasteiger partial charge < -0.3 is 15.0 Å². The Morgan fingerprint density at radius 2 is 1.79 bits per heavy atom. The predicted octanol–water partition coefficient (Wildman–Crippen LogP) is 3.02. The van der Waals surface area contributed by atoms with Crippen molar-refractivity contribution in [1.29, 1.82) is 0 Å². The molecular weight excluding hydrogens is 240 g/mol. The number of carbonyl (C=O) groups is 1. The zero-order valence-corrected chi connectivity index (χ0v) is 13.4. The molecule has 0 aromatic carbocycles. The lowest BCUT2D eigenvalue weighted by Gasteiger charge is -2.46. The van der Waals surface area contributed by atoms with Crippen LogP contribution < -0.4 is 5.32 Å². The van der Waals surface area contributed by atoms with Crippen LogP contribution in [0.4, 0.5) is 4.79 Å². The van der Waals surface area contributed by atoms with Crippen molar-refractivity contribution in [3.05, 3.63) is 0 Å². The summed E-state index contributed by atoms with van der Waals surface area (Å²) in [6, 6.07) is 0. The zero-order chi connectivity index (χ0) is 14.7. The molecule has 1 fully saturated rings. The minimum atomic E-state index is -0.213.